The maximum atomic E-state index is 12.2. The minimum absolute atomic E-state index is 0.170. The number of hydrogen-bond acceptors (Lipinski definition) is 4. The predicted octanol–water partition coefficient (Wildman–Crippen LogP) is 3.10. The second-order valence-electron chi connectivity index (χ2n) is 5.36. The van der Waals surface area contributed by atoms with Crippen LogP contribution in [0.3, 0.4) is 0 Å². The molecule has 1 aromatic heterocycles. The molecule has 1 aromatic carbocycles. The molecule has 0 aliphatic heterocycles. The molecule has 0 bridgehead atoms. The zero-order chi connectivity index (χ0) is 18.6. The van der Waals surface area contributed by atoms with Crippen LogP contribution in [0.15, 0.2) is 41.3 Å². The Hall–Kier alpha value is -2.31. The van der Waals surface area contributed by atoms with Crippen LogP contribution in [0.4, 0.5) is 0 Å². The first-order chi connectivity index (χ1) is 11.8. The number of amides is 1. The van der Waals surface area contributed by atoms with Crippen molar-refractivity contribution in [3.05, 3.63) is 68.1 Å². The van der Waals surface area contributed by atoms with Gasteiger partial charge < -0.3 is 15.0 Å². The molecule has 1 amide bonds. The number of aromatic amines is 1. The predicted molar refractivity (Wildman–Crippen MR) is 95.0 cm³/mol. The second kappa shape index (κ2) is 8.18. The summed E-state index contributed by atoms with van der Waals surface area (Å²) in [5, 5.41) is 3.60. The zero-order valence-electron chi connectivity index (χ0n) is 13.5. The lowest BCUT2D eigenvalue weighted by molar-refractivity contribution is -0.129. The van der Waals surface area contributed by atoms with E-state index in [9.17, 15) is 14.4 Å². The largest absolute Gasteiger partial charge is 0.449 e. The van der Waals surface area contributed by atoms with Crippen LogP contribution in [0.1, 0.15) is 35.8 Å². The Kier molecular flexibility index (Phi) is 6.22. The molecular formula is C17H16Cl2N2O4. The summed E-state index contributed by atoms with van der Waals surface area (Å²) in [7, 11) is 0. The lowest BCUT2D eigenvalue weighted by Crippen LogP contribution is -2.38. The third kappa shape index (κ3) is 4.84. The van der Waals surface area contributed by atoms with Crippen molar-refractivity contribution >= 4 is 35.1 Å². The Labute approximate surface area is 154 Å². The first kappa shape index (κ1) is 19.0. The van der Waals surface area contributed by atoms with Crippen LogP contribution in [0.2, 0.25) is 10.0 Å². The van der Waals surface area contributed by atoms with Crippen LogP contribution in [0, 0.1) is 0 Å². The Bertz CT molecular complexity index is 851. The standard InChI is InChI=1S/C17H16Cl2N2O4/c1-9(12-6-5-11(18)8-14(12)19)21-15(22)10(2)25-17(24)13-4-3-7-20-16(13)23/h3-10H,1-2H3,(H,20,23)(H,21,22)/t9-,10+/m0/s1. The number of nitrogens with one attached hydrogen (secondary N) is 2. The molecule has 0 aliphatic carbocycles. The molecule has 0 saturated heterocycles. The number of H-pyrrole nitrogens is 1. The number of halogens is 2. The molecule has 132 valence electrons. The van der Waals surface area contributed by atoms with Gasteiger partial charge in [0, 0.05) is 16.2 Å². The summed E-state index contributed by atoms with van der Waals surface area (Å²) in [6.45, 7) is 3.16. The van der Waals surface area contributed by atoms with Gasteiger partial charge in [-0.1, -0.05) is 29.3 Å². The van der Waals surface area contributed by atoms with E-state index in [4.69, 9.17) is 27.9 Å². The summed E-state index contributed by atoms with van der Waals surface area (Å²) < 4.78 is 5.04. The van der Waals surface area contributed by atoms with Gasteiger partial charge in [-0.2, -0.15) is 0 Å². The van der Waals surface area contributed by atoms with Crippen LogP contribution >= 0.6 is 23.2 Å². The van der Waals surface area contributed by atoms with Crippen molar-refractivity contribution in [1.82, 2.24) is 10.3 Å². The number of ether oxygens (including phenoxy) is 1. The van der Waals surface area contributed by atoms with Crippen LogP contribution in [-0.4, -0.2) is 23.0 Å². The van der Waals surface area contributed by atoms with E-state index in [1.54, 1.807) is 25.1 Å². The van der Waals surface area contributed by atoms with Gasteiger partial charge in [0.25, 0.3) is 11.5 Å². The summed E-state index contributed by atoms with van der Waals surface area (Å²) in [5.41, 5.74) is -0.0742. The molecule has 8 heteroatoms. The van der Waals surface area contributed by atoms with Crippen molar-refractivity contribution in [3.8, 4) is 0 Å². The highest BCUT2D eigenvalue weighted by atomic mass is 35.5. The highest BCUT2D eigenvalue weighted by Gasteiger charge is 2.22. The van der Waals surface area contributed by atoms with Gasteiger partial charge in [0.15, 0.2) is 6.10 Å². The van der Waals surface area contributed by atoms with Crippen molar-refractivity contribution in [3.63, 3.8) is 0 Å². The molecule has 0 radical (unpaired) electrons. The van der Waals surface area contributed by atoms with E-state index in [1.807, 2.05) is 0 Å². The molecule has 1 heterocycles. The Morgan fingerprint density at radius 2 is 1.92 bits per heavy atom. The first-order valence-corrected chi connectivity index (χ1v) is 8.19. The third-order valence-corrected chi connectivity index (χ3v) is 4.04. The average molecular weight is 383 g/mol. The third-order valence-electron chi connectivity index (χ3n) is 3.48. The molecule has 2 rings (SSSR count). The van der Waals surface area contributed by atoms with Gasteiger partial charge >= 0.3 is 5.97 Å². The van der Waals surface area contributed by atoms with Gasteiger partial charge in [0.2, 0.25) is 0 Å². The summed E-state index contributed by atoms with van der Waals surface area (Å²) in [5.74, 6) is -1.39. The highest BCUT2D eigenvalue weighted by Crippen LogP contribution is 2.26. The van der Waals surface area contributed by atoms with E-state index in [0.29, 0.717) is 15.6 Å². The van der Waals surface area contributed by atoms with Gasteiger partial charge in [0.05, 0.1) is 6.04 Å². The molecular weight excluding hydrogens is 367 g/mol. The van der Waals surface area contributed by atoms with Crippen LogP contribution in [0.25, 0.3) is 0 Å². The van der Waals surface area contributed by atoms with E-state index >= 15 is 0 Å². The fourth-order valence-corrected chi connectivity index (χ4v) is 2.69. The minimum atomic E-state index is -1.08. The molecule has 25 heavy (non-hydrogen) atoms. The van der Waals surface area contributed by atoms with Gasteiger partial charge in [0.1, 0.15) is 5.56 Å². The van der Waals surface area contributed by atoms with Crippen molar-refractivity contribution in [2.24, 2.45) is 0 Å². The molecule has 0 unspecified atom stereocenters. The molecule has 0 aliphatic rings. The maximum absolute atomic E-state index is 12.2. The number of benzene rings is 1. The van der Waals surface area contributed by atoms with Crippen LogP contribution in [0.5, 0.6) is 0 Å². The number of pyridine rings is 1. The summed E-state index contributed by atoms with van der Waals surface area (Å²) in [4.78, 5) is 38.1. The second-order valence-corrected chi connectivity index (χ2v) is 6.20. The number of esters is 1. The lowest BCUT2D eigenvalue weighted by atomic mass is 10.1. The quantitative estimate of drug-likeness (QED) is 0.777. The Morgan fingerprint density at radius 1 is 1.20 bits per heavy atom. The topological polar surface area (TPSA) is 88.3 Å². The van der Waals surface area contributed by atoms with Crippen molar-refractivity contribution in [2.45, 2.75) is 26.0 Å². The van der Waals surface area contributed by atoms with Gasteiger partial charge in [-0.05, 0) is 43.7 Å². The highest BCUT2D eigenvalue weighted by molar-refractivity contribution is 6.35. The normalized spacial score (nSPS) is 13.0. The number of hydrogen-bond donors (Lipinski definition) is 2. The number of carbonyl (C=O) groups is 2. The van der Waals surface area contributed by atoms with E-state index in [2.05, 4.69) is 10.3 Å². The average Bonchev–Trinajstić information content (AvgIpc) is 2.54. The van der Waals surface area contributed by atoms with Gasteiger partial charge in [-0.3, -0.25) is 9.59 Å². The fraction of sp³-hybridized carbons (Fsp3) is 0.235. The Morgan fingerprint density at radius 3 is 2.56 bits per heavy atom. The molecule has 0 fully saturated rings. The molecule has 6 nitrogen and oxygen atoms in total. The van der Waals surface area contributed by atoms with E-state index < -0.39 is 29.6 Å². The Balaban J connectivity index is 2.01. The van der Waals surface area contributed by atoms with Crippen molar-refractivity contribution in [2.75, 3.05) is 0 Å². The van der Waals surface area contributed by atoms with Gasteiger partial charge in [-0.25, -0.2) is 4.79 Å². The lowest BCUT2D eigenvalue weighted by Gasteiger charge is -2.19. The van der Waals surface area contributed by atoms with Crippen LogP contribution < -0.4 is 10.9 Å². The maximum Gasteiger partial charge on any atom is 0.344 e. The molecule has 0 saturated carbocycles. The summed E-state index contributed by atoms with van der Waals surface area (Å²) in [6.07, 6.45) is 0.313. The van der Waals surface area contributed by atoms with E-state index in [0.717, 1.165) is 0 Å². The first-order valence-electron chi connectivity index (χ1n) is 7.43. The smallest absolute Gasteiger partial charge is 0.344 e. The molecule has 2 N–H and O–H groups in total. The number of carbonyl (C=O) groups excluding carboxylic acids is 2. The fourth-order valence-electron chi connectivity index (χ4n) is 2.12. The van der Waals surface area contributed by atoms with E-state index in [1.165, 1.54) is 25.3 Å². The van der Waals surface area contributed by atoms with Gasteiger partial charge in [-0.15, -0.1) is 0 Å². The molecule has 2 atom stereocenters. The minimum Gasteiger partial charge on any atom is -0.449 e. The van der Waals surface area contributed by atoms with Crippen molar-refractivity contribution < 1.29 is 14.3 Å². The van der Waals surface area contributed by atoms with Crippen molar-refractivity contribution in [1.29, 1.82) is 0 Å². The summed E-state index contributed by atoms with van der Waals surface area (Å²) in [6, 6.07) is 7.34. The number of rotatable bonds is 5. The zero-order valence-corrected chi connectivity index (χ0v) is 15.0. The SMILES string of the molecule is C[C@H](NC(=O)[C@@H](C)OC(=O)c1ccc[nH]c1=O)c1ccc(Cl)cc1Cl. The monoisotopic (exact) mass is 382 g/mol. The molecule has 0 spiro atoms. The summed E-state index contributed by atoms with van der Waals surface area (Å²) >= 11 is 12.0. The van der Waals surface area contributed by atoms with Crippen LogP contribution in [-0.2, 0) is 9.53 Å². The molecule has 2 aromatic rings. The van der Waals surface area contributed by atoms with E-state index in [-0.39, 0.29) is 5.56 Å². The number of aromatic nitrogens is 1.